The third-order valence-corrected chi connectivity index (χ3v) is 2.57. The molecule has 5 nitrogen and oxygen atoms in total. The van der Waals surface area contributed by atoms with E-state index in [4.69, 9.17) is 15.2 Å². The lowest BCUT2D eigenvalue weighted by Crippen LogP contribution is -2.32. The largest absolute Gasteiger partial charge is 0.497 e. The molecule has 0 saturated heterocycles. The van der Waals surface area contributed by atoms with Gasteiger partial charge in [0.15, 0.2) is 5.96 Å². The summed E-state index contributed by atoms with van der Waals surface area (Å²) < 4.78 is 10.3. The van der Waals surface area contributed by atoms with Crippen molar-refractivity contribution in [1.29, 1.82) is 0 Å². The molecule has 0 aliphatic rings. The standard InChI is InChI=1S/C14H23N3O2/c1-3-19-10-4-9-16-14(15)17-11-12-5-7-13(18-2)8-6-12/h5-8H,3-4,9-11H2,1-2H3,(H3,15,16,17). The van der Waals surface area contributed by atoms with Crippen LogP contribution in [0.3, 0.4) is 0 Å². The van der Waals surface area contributed by atoms with Crippen molar-refractivity contribution in [3.63, 3.8) is 0 Å². The first-order valence-corrected chi connectivity index (χ1v) is 6.50. The number of benzene rings is 1. The second-order valence-corrected chi connectivity index (χ2v) is 4.03. The highest BCUT2D eigenvalue weighted by Crippen LogP contribution is 2.11. The van der Waals surface area contributed by atoms with E-state index in [1.54, 1.807) is 7.11 Å². The van der Waals surface area contributed by atoms with Gasteiger partial charge in [0, 0.05) is 19.8 Å². The minimum atomic E-state index is 0.465. The highest BCUT2D eigenvalue weighted by atomic mass is 16.5. The molecule has 0 aliphatic carbocycles. The third kappa shape index (κ3) is 6.67. The fourth-order valence-electron chi connectivity index (χ4n) is 1.50. The van der Waals surface area contributed by atoms with Crippen molar-refractivity contribution in [1.82, 2.24) is 5.32 Å². The highest BCUT2D eigenvalue weighted by Gasteiger charge is 1.95. The summed E-state index contributed by atoms with van der Waals surface area (Å²) in [6, 6.07) is 7.78. The van der Waals surface area contributed by atoms with Crippen molar-refractivity contribution < 1.29 is 9.47 Å². The molecule has 0 atom stereocenters. The topological polar surface area (TPSA) is 68.9 Å². The second kappa shape index (κ2) is 9.22. The Morgan fingerprint density at radius 3 is 2.68 bits per heavy atom. The lowest BCUT2D eigenvalue weighted by Gasteiger charge is -2.06. The number of methoxy groups -OCH3 is 1. The minimum absolute atomic E-state index is 0.465. The van der Waals surface area contributed by atoms with Crippen LogP contribution >= 0.6 is 0 Å². The van der Waals surface area contributed by atoms with Crippen LogP contribution in [0.15, 0.2) is 29.3 Å². The minimum Gasteiger partial charge on any atom is -0.497 e. The van der Waals surface area contributed by atoms with Crippen molar-refractivity contribution >= 4 is 5.96 Å². The van der Waals surface area contributed by atoms with Crippen LogP contribution in [0.25, 0.3) is 0 Å². The molecule has 0 saturated carbocycles. The zero-order valence-electron chi connectivity index (χ0n) is 11.7. The van der Waals surface area contributed by atoms with Gasteiger partial charge < -0.3 is 20.5 Å². The molecular formula is C14H23N3O2. The SMILES string of the molecule is CCOCCCNC(N)=NCc1ccc(OC)cc1. The number of nitrogens with zero attached hydrogens (tertiary/aromatic N) is 1. The number of nitrogens with one attached hydrogen (secondary N) is 1. The summed E-state index contributed by atoms with van der Waals surface area (Å²) >= 11 is 0. The molecule has 0 fully saturated rings. The molecule has 5 heteroatoms. The van der Waals surface area contributed by atoms with Crippen molar-refractivity contribution in [3.8, 4) is 5.75 Å². The van der Waals surface area contributed by atoms with E-state index in [-0.39, 0.29) is 0 Å². The van der Waals surface area contributed by atoms with E-state index in [2.05, 4.69) is 10.3 Å². The van der Waals surface area contributed by atoms with Crippen molar-refractivity contribution in [2.75, 3.05) is 26.9 Å². The van der Waals surface area contributed by atoms with Gasteiger partial charge in [-0.25, -0.2) is 4.99 Å². The summed E-state index contributed by atoms with van der Waals surface area (Å²) in [5.41, 5.74) is 6.86. The van der Waals surface area contributed by atoms with Gasteiger partial charge in [0.05, 0.1) is 13.7 Å². The van der Waals surface area contributed by atoms with Gasteiger partial charge in [-0.3, -0.25) is 0 Å². The number of aliphatic imine (C=N–C) groups is 1. The van der Waals surface area contributed by atoms with Crippen molar-refractivity contribution in [3.05, 3.63) is 29.8 Å². The summed E-state index contributed by atoms with van der Waals surface area (Å²) in [5.74, 6) is 1.31. The molecule has 0 spiro atoms. The summed E-state index contributed by atoms with van der Waals surface area (Å²) in [7, 11) is 1.65. The molecule has 0 heterocycles. The van der Waals surface area contributed by atoms with Gasteiger partial charge in [0.2, 0.25) is 0 Å². The number of guanidine groups is 1. The van der Waals surface area contributed by atoms with Crippen LogP contribution < -0.4 is 15.8 Å². The maximum atomic E-state index is 5.77. The van der Waals surface area contributed by atoms with Crippen LogP contribution in [0.1, 0.15) is 18.9 Å². The summed E-state index contributed by atoms with van der Waals surface area (Å²) in [6.07, 6.45) is 0.923. The van der Waals surface area contributed by atoms with E-state index in [9.17, 15) is 0 Å². The molecule has 1 rings (SSSR count). The molecule has 0 amide bonds. The first-order valence-electron chi connectivity index (χ1n) is 6.50. The Morgan fingerprint density at radius 1 is 1.32 bits per heavy atom. The fraction of sp³-hybridized carbons (Fsp3) is 0.500. The van der Waals surface area contributed by atoms with Gasteiger partial charge in [-0.05, 0) is 31.0 Å². The smallest absolute Gasteiger partial charge is 0.188 e. The second-order valence-electron chi connectivity index (χ2n) is 4.03. The zero-order chi connectivity index (χ0) is 13.9. The Bertz CT molecular complexity index is 377. The molecule has 0 bridgehead atoms. The van der Waals surface area contributed by atoms with E-state index < -0.39 is 0 Å². The summed E-state index contributed by atoms with van der Waals surface area (Å²) in [6.45, 7) is 4.82. The maximum absolute atomic E-state index is 5.77. The van der Waals surface area contributed by atoms with Crippen LogP contribution in [-0.2, 0) is 11.3 Å². The van der Waals surface area contributed by atoms with E-state index >= 15 is 0 Å². The molecule has 0 unspecified atom stereocenters. The Morgan fingerprint density at radius 2 is 2.05 bits per heavy atom. The molecule has 0 aliphatic heterocycles. The number of rotatable bonds is 8. The molecule has 0 aromatic heterocycles. The first-order chi connectivity index (χ1) is 9.26. The van der Waals surface area contributed by atoms with Gasteiger partial charge in [-0.15, -0.1) is 0 Å². The molecule has 1 aromatic rings. The Balaban J connectivity index is 2.26. The van der Waals surface area contributed by atoms with Crippen molar-refractivity contribution in [2.45, 2.75) is 19.9 Å². The predicted octanol–water partition coefficient (Wildman–Crippen LogP) is 1.53. The van der Waals surface area contributed by atoms with Crippen LogP contribution in [-0.4, -0.2) is 32.8 Å². The third-order valence-electron chi connectivity index (χ3n) is 2.57. The van der Waals surface area contributed by atoms with E-state index in [0.29, 0.717) is 12.5 Å². The van der Waals surface area contributed by atoms with Gasteiger partial charge >= 0.3 is 0 Å². The highest BCUT2D eigenvalue weighted by molar-refractivity contribution is 5.77. The molecular weight excluding hydrogens is 242 g/mol. The maximum Gasteiger partial charge on any atom is 0.188 e. The fourth-order valence-corrected chi connectivity index (χ4v) is 1.50. The Kier molecular flexibility index (Phi) is 7.43. The zero-order valence-corrected chi connectivity index (χ0v) is 11.7. The van der Waals surface area contributed by atoms with Gasteiger partial charge in [0.25, 0.3) is 0 Å². The normalized spacial score (nSPS) is 11.4. The van der Waals surface area contributed by atoms with Crippen LogP contribution in [0.2, 0.25) is 0 Å². The monoisotopic (exact) mass is 265 g/mol. The Labute approximate surface area is 114 Å². The molecule has 1 aromatic carbocycles. The van der Waals surface area contributed by atoms with Crippen LogP contribution in [0.4, 0.5) is 0 Å². The van der Waals surface area contributed by atoms with E-state index in [1.807, 2.05) is 31.2 Å². The lowest BCUT2D eigenvalue weighted by molar-refractivity contribution is 0.145. The molecule has 106 valence electrons. The van der Waals surface area contributed by atoms with E-state index in [1.165, 1.54) is 0 Å². The summed E-state index contributed by atoms with van der Waals surface area (Å²) in [5, 5.41) is 3.06. The number of hydrogen-bond donors (Lipinski definition) is 2. The van der Waals surface area contributed by atoms with Crippen LogP contribution in [0, 0.1) is 0 Å². The van der Waals surface area contributed by atoms with Gasteiger partial charge in [-0.2, -0.15) is 0 Å². The van der Waals surface area contributed by atoms with Gasteiger partial charge in [-0.1, -0.05) is 12.1 Å². The average Bonchev–Trinajstić information content (AvgIpc) is 2.45. The van der Waals surface area contributed by atoms with Gasteiger partial charge in [0.1, 0.15) is 5.75 Å². The molecule has 19 heavy (non-hydrogen) atoms. The number of ether oxygens (including phenoxy) is 2. The predicted molar refractivity (Wildman–Crippen MR) is 77.4 cm³/mol. The molecule has 3 N–H and O–H groups in total. The first kappa shape index (κ1) is 15.3. The van der Waals surface area contributed by atoms with E-state index in [0.717, 1.165) is 37.5 Å². The summed E-state index contributed by atoms with van der Waals surface area (Å²) in [4.78, 5) is 4.27. The number of nitrogens with two attached hydrogens (primary N) is 1. The molecule has 0 radical (unpaired) electrons. The number of hydrogen-bond acceptors (Lipinski definition) is 3. The quantitative estimate of drug-likeness (QED) is 0.425. The van der Waals surface area contributed by atoms with Crippen LogP contribution in [0.5, 0.6) is 5.75 Å². The van der Waals surface area contributed by atoms with Crippen molar-refractivity contribution in [2.24, 2.45) is 10.7 Å². The Hall–Kier alpha value is -1.75. The average molecular weight is 265 g/mol. The lowest BCUT2D eigenvalue weighted by atomic mass is 10.2.